The van der Waals surface area contributed by atoms with Crippen molar-refractivity contribution in [2.24, 2.45) is 0 Å². The Hall–Kier alpha value is -1.60. The van der Waals surface area contributed by atoms with Crippen LogP contribution in [0.25, 0.3) is 0 Å². The maximum atomic E-state index is 12.2. The quantitative estimate of drug-likeness (QED) is 0.859. The van der Waals surface area contributed by atoms with E-state index >= 15 is 0 Å². The van der Waals surface area contributed by atoms with E-state index in [1.54, 1.807) is 0 Å². The van der Waals surface area contributed by atoms with Crippen LogP contribution in [0.3, 0.4) is 0 Å². The molecule has 2 rings (SSSR count). The highest BCUT2D eigenvalue weighted by atomic mass is 19.4. The summed E-state index contributed by atoms with van der Waals surface area (Å²) < 4.78 is 41.3. The molecule has 1 aliphatic heterocycles. The second-order valence-corrected chi connectivity index (χ2v) is 4.86. The van der Waals surface area contributed by atoms with Gasteiger partial charge in [-0.3, -0.25) is 4.79 Å². The molecule has 0 N–H and O–H groups in total. The van der Waals surface area contributed by atoms with Crippen molar-refractivity contribution in [3.63, 3.8) is 0 Å². The topological polar surface area (TPSA) is 59.2 Å². The molecule has 20 heavy (non-hydrogen) atoms. The molecule has 0 aliphatic carbocycles. The lowest BCUT2D eigenvalue weighted by molar-refractivity contribution is -0.150. The van der Waals surface area contributed by atoms with Gasteiger partial charge in [0.05, 0.1) is 12.5 Å². The van der Waals surface area contributed by atoms with Gasteiger partial charge in [0.1, 0.15) is 0 Å². The van der Waals surface area contributed by atoms with Gasteiger partial charge in [-0.2, -0.15) is 18.2 Å². The second kappa shape index (κ2) is 6.23. The maximum absolute atomic E-state index is 12.2. The van der Waals surface area contributed by atoms with Crippen LogP contribution in [-0.4, -0.2) is 33.7 Å². The number of rotatable bonds is 3. The molecule has 1 aliphatic rings. The van der Waals surface area contributed by atoms with Crippen LogP contribution in [0.1, 0.15) is 50.4 Å². The average molecular weight is 291 g/mol. The van der Waals surface area contributed by atoms with Crippen molar-refractivity contribution in [2.45, 2.75) is 50.7 Å². The highest BCUT2D eigenvalue weighted by molar-refractivity contribution is 5.76. The molecule has 1 amide bonds. The van der Waals surface area contributed by atoms with Gasteiger partial charge >= 0.3 is 6.18 Å². The van der Waals surface area contributed by atoms with E-state index < -0.39 is 24.9 Å². The second-order valence-electron chi connectivity index (χ2n) is 4.86. The van der Waals surface area contributed by atoms with Gasteiger partial charge in [0.2, 0.25) is 12.3 Å². The molecule has 1 aromatic rings. The SMILES string of the molecule is O=C(CCC(F)(F)F)N1CCCCCC1c1ncon1. The molecule has 2 heterocycles. The predicted octanol–water partition coefficient (Wildman–Crippen LogP) is 2.86. The van der Waals surface area contributed by atoms with Crippen LogP contribution in [0.4, 0.5) is 13.2 Å². The van der Waals surface area contributed by atoms with Gasteiger partial charge in [0, 0.05) is 13.0 Å². The van der Waals surface area contributed by atoms with Gasteiger partial charge in [0.15, 0.2) is 5.82 Å². The molecule has 1 atom stereocenters. The lowest BCUT2D eigenvalue weighted by Gasteiger charge is -2.28. The van der Waals surface area contributed by atoms with Crippen molar-refractivity contribution in [3.8, 4) is 0 Å². The Morgan fingerprint density at radius 1 is 1.40 bits per heavy atom. The summed E-state index contributed by atoms with van der Waals surface area (Å²) in [6.07, 6.45) is -1.51. The lowest BCUT2D eigenvalue weighted by Crippen LogP contribution is -2.35. The van der Waals surface area contributed by atoms with Crippen molar-refractivity contribution < 1.29 is 22.5 Å². The molecule has 0 spiro atoms. The summed E-state index contributed by atoms with van der Waals surface area (Å²) in [7, 11) is 0. The minimum Gasteiger partial charge on any atom is -0.343 e. The summed E-state index contributed by atoms with van der Waals surface area (Å²) in [5.41, 5.74) is 0. The molecule has 1 unspecified atom stereocenters. The molecule has 8 heteroatoms. The molecule has 0 bridgehead atoms. The maximum Gasteiger partial charge on any atom is 0.389 e. The molecule has 0 aromatic carbocycles. The number of hydrogen-bond acceptors (Lipinski definition) is 4. The summed E-state index contributed by atoms with van der Waals surface area (Å²) >= 11 is 0. The molecular weight excluding hydrogens is 275 g/mol. The fourth-order valence-corrected chi connectivity index (χ4v) is 2.39. The number of alkyl halides is 3. The Kier molecular flexibility index (Phi) is 4.61. The van der Waals surface area contributed by atoms with E-state index in [1.165, 1.54) is 11.3 Å². The molecule has 1 fully saturated rings. The van der Waals surface area contributed by atoms with Crippen LogP contribution >= 0.6 is 0 Å². The van der Waals surface area contributed by atoms with E-state index in [4.69, 9.17) is 0 Å². The number of likely N-dealkylation sites (tertiary alicyclic amines) is 1. The normalized spacial score (nSPS) is 20.8. The van der Waals surface area contributed by atoms with E-state index in [1.807, 2.05) is 0 Å². The van der Waals surface area contributed by atoms with E-state index in [2.05, 4.69) is 14.7 Å². The van der Waals surface area contributed by atoms with Crippen LogP contribution in [0.5, 0.6) is 0 Å². The first-order chi connectivity index (χ1) is 9.47. The van der Waals surface area contributed by atoms with Crippen molar-refractivity contribution >= 4 is 5.91 Å². The number of halogens is 3. The Morgan fingerprint density at radius 2 is 2.20 bits per heavy atom. The summed E-state index contributed by atoms with van der Waals surface area (Å²) in [6, 6.07) is -0.378. The molecular formula is C12H16F3N3O2. The number of carbonyl (C=O) groups is 1. The average Bonchev–Trinajstić information content (AvgIpc) is 2.79. The minimum atomic E-state index is -4.32. The monoisotopic (exact) mass is 291 g/mol. The summed E-state index contributed by atoms with van der Waals surface area (Å²) in [5, 5.41) is 3.72. The van der Waals surface area contributed by atoms with Crippen LogP contribution < -0.4 is 0 Å². The Labute approximate surface area is 114 Å². The third-order valence-corrected chi connectivity index (χ3v) is 3.37. The molecule has 0 saturated carbocycles. The van der Waals surface area contributed by atoms with E-state index in [0.29, 0.717) is 18.8 Å². The third kappa shape index (κ3) is 3.94. The van der Waals surface area contributed by atoms with Crippen molar-refractivity contribution in [3.05, 3.63) is 12.2 Å². The fourth-order valence-electron chi connectivity index (χ4n) is 2.39. The molecule has 1 aromatic heterocycles. The smallest absolute Gasteiger partial charge is 0.343 e. The van der Waals surface area contributed by atoms with Crippen LogP contribution in [0.15, 0.2) is 10.9 Å². The molecule has 5 nitrogen and oxygen atoms in total. The highest BCUT2D eigenvalue weighted by Gasteiger charge is 2.33. The number of amides is 1. The summed E-state index contributed by atoms with van der Waals surface area (Å²) in [5.74, 6) is -0.133. The van der Waals surface area contributed by atoms with E-state index in [0.717, 1.165) is 19.3 Å². The zero-order valence-corrected chi connectivity index (χ0v) is 10.9. The van der Waals surface area contributed by atoms with Gasteiger partial charge in [-0.15, -0.1) is 0 Å². The highest BCUT2D eigenvalue weighted by Crippen LogP contribution is 2.30. The summed E-state index contributed by atoms with van der Waals surface area (Å²) in [4.78, 5) is 17.4. The first kappa shape index (κ1) is 14.8. The number of aromatic nitrogens is 2. The van der Waals surface area contributed by atoms with Crippen molar-refractivity contribution in [2.75, 3.05) is 6.54 Å². The van der Waals surface area contributed by atoms with Crippen LogP contribution in [-0.2, 0) is 4.79 Å². The van der Waals surface area contributed by atoms with Gasteiger partial charge in [-0.25, -0.2) is 0 Å². The zero-order valence-electron chi connectivity index (χ0n) is 10.9. The van der Waals surface area contributed by atoms with E-state index in [-0.39, 0.29) is 6.04 Å². The van der Waals surface area contributed by atoms with Crippen LogP contribution in [0.2, 0.25) is 0 Å². The number of hydrogen-bond donors (Lipinski definition) is 0. The zero-order chi connectivity index (χ0) is 14.6. The van der Waals surface area contributed by atoms with Crippen LogP contribution in [0, 0.1) is 0 Å². The standard InChI is InChI=1S/C12H16F3N3O2/c13-12(14,15)6-5-10(19)18-7-3-1-2-4-9(18)11-16-8-20-17-11/h8-9H,1-7H2. The number of carbonyl (C=O) groups excluding carboxylic acids is 1. The molecule has 0 radical (unpaired) electrons. The minimum absolute atomic E-state index is 0.368. The lowest BCUT2D eigenvalue weighted by atomic mass is 10.1. The van der Waals surface area contributed by atoms with Gasteiger partial charge in [-0.05, 0) is 12.8 Å². The van der Waals surface area contributed by atoms with Gasteiger partial charge in [-0.1, -0.05) is 18.0 Å². The van der Waals surface area contributed by atoms with Crippen molar-refractivity contribution in [1.82, 2.24) is 15.0 Å². The van der Waals surface area contributed by atoms with Crippen molar-refractivity contribution in [1.29, 1.82) is 0 Å². The van der Waals surface area contributed by atoms with Gasteiger partial charge < -0.3 is 9.42 Å². The first-order valence-corrected chi connectivity index (χ1v) is 6.60. The Morgan fingerprint density at radius 3 is 2.85 bits per heavy atom. The Balaban J connectivity index is 2.06. The van der Waals surface area contributed by atoms with E-state index in [9.17, 15) is 18.0 Å². The fraction of sp³-hybridized carbons (Fsp3) is 0.750. The Bertz CT molecular complexity index is 434. The predicted molar refractivity (Wildman–Crippen MR) is 62.5 cm³/mol. The third-order valence-electron chi connectivity index (χ3n) is 3.37. The first-order valence-electron chi connectivity index (χ1n) is 6.60. The number of nitrogens with zero attached hydrogens (tertiary/aromatic N) is 3. The molecule has 1 saturated heterocycles. The largest absolute Gasteiger partial charge is 0.389 e. The molecule has 112 valence electrons. The van der Waals surface area contributed by atoms with Gasteiger partial charge in [0.25, 0.3) is 0 Å². The summed E-state index contributed by atoms with van der Waals surface area (Å²) in [6.45, 7) is 0.440.